The van der Waals surface area contributed by atoms with Crippen LogP contribution in [0.2, 0.25) is 5.02 Å². The monoisotopic (exact) mass is 299 g/mol. The zero-order valence-corrected chi connectivity index (χ0v) is 12.8. The summed E-state index contributed by atoms with van der Waals surface area (Å²) in [6.07, 6.45) is 5.58. The maximum Gasteiger partial charge on any atom is 0.0639 e. The van der Waals surface area contributed by atoms with Crippen molar-refractivity contribution in [3.05, 3.63) is 65.1 Å². The molecular formula is C17H18ClN3. The van der Waals surface area contributed by atoms with Crippen LogP contribution in [0.3, 0.4) is 0 Å². The van der Waals surface area contributed by atoms with Gasteiger partial charge in [0.25, 0.3) is 0 Å². The van der Waals surface area contributed by atoms with Crippen molar-refractivity contribution >= 4 is 22.5 Å². The van der Waals surface area contributed by atoms with Crippen LogP contribution in [0.25, 0.3) is 10.9 Å². The minimum absolute atomic E-state index is 0.711. The quantitative estimate of drug-likeness (QED) is 0.775. The maximum atomic E-state index is 6.21. The van der Waals surface area contributed by atoms with Gasteiger partial charge in [0.15, 0.2) is 0 Å². The first kappa shape index (κ1) is 14.1. The zero-order chi connectivity index (χ0) is 14.7. The van der Waals surface area contributed by atoms with Gasteiger partial charge in [0.2, 0.25) is 0 Å². The smallest absolute Gasteiger partial charge is 0.0639 e. The van der Waals surface area contributed by atoms with Crippen molar-refractivity contribution < 1.29 is 0 Å². The number of benzene rings is 1. The fraction of sp³-hybridized carbons (Fsp3) is 0.235. The molecule has 0 aliphatic carbocycles. The SMILES string of the molecule is CCNCc1ccc2ccn(Cc3ccncc3Cl)c2c1. The fourth-order valence-electron chi connectivity index (χ4n) is 2.46. The lowest BCUT2D eigenvalue weighted by Crippen LogP contribution is -2.11. The molecule has 0 aliphatic heterocycles. The van der Waals surface area contributed by atoms with E-state index in [1.54, 1.807) is 12.4 Å². The second-order valence-electron chi connectivity index (χ2n) is 5.08. The zero-order valence-electron chi connectivity index (χ0n) is 12.0. The molecular weight excluding hydrogens is 282 g/mol. The topological polar surface area (TPSA) is 29.9 Å². The Morgan fingerprint density at radius 1 is 1.24 bits per heavy atom. The molecule has 0 saturated heterocycles. The summed E-state index contributed by atoms with van der Waals surface area (Å²) in [6.45, 7) is 4.75. The summed E-state index contributed by atoms with van der Waals surface area (Å²) in [5.41, 5.74) is 3.62. The number of nitrogens with one attached hydrogen (secondary N) is 1. The fourth-order valence-corrected chi connectivity index (χ4v) is 2.64. The molecule has 0 radical (unpaired) electrons. The Hall–Kier alpha value is -1.84. The second-order valence-corrected chi connectivity index (χ2v) is 5.49. The van der Waals surface area contributed by atoms with E-state index in [0.29, 0.717) is 5.02 Å². The first-order valence-corrected chi connectivity index (χ1v) is 7.52. The molecule has 0 fully saturated rings. The van der Waals surface area contributed by atoms with Crippen LogP contribution in [0.15, 0.2) is 48.9 Å². The summed E-state index contributed by atoms with van der Waals surface area (Å²) in [5.74, 6) is 0. The van der Waals surface area contributed by atoms with Crippen LogP contribution in [0, 0.1) is 0 Å². The lowest BCUT2D eigenvalue weighted by molar-refractivity contribution is 0.726. The third-order valence-corrected chi connectivity index (χ3v) is 3.95. The molecule has 0 aliphatic rings. The number of aromatic nitrogens is 2. The van der Waals surface area contributed by atoms with Gasteiger partial charge in [0.1, 0.15) is 0 Å². The van der Waals surface area contributed by atoms with Crippen LogP contribution >= 0.6 is 11.6 Å². The Morgan fingerprint density at radius 3 is 2.95 bits per heavy atom. The Bertz CT molecular complexity index is 749. The Kier molecular flexibility index (Phi) is 4.23. The number of rotatable bonds is 5. The van der Waals surface area contributed by atoms with Gasteiger partial charge in [0, 0.05) is 37.2 Å². The number of pyridine rings is 1. The molecule has 1 aromatic carbocycles. The van der Waals surface area contributed by atoms with Gasteiger partial charge >= 0.3 is 0 Å². The average molecular weight is 300 g/mol. The summed E-state index contributed by atoms with van der Waals surface area (Å²) < 4.78 is 2.23. The van der Waals surface area contributed by atoms with E-state index in [9.17, 15) is 0 Å². The van der Waals surface area contributed by atoms with Crippen LogP contribution in [-0.4, -0.2) is 16.1 Å². The van der Waals surface area contributed by atoms with E-state index in [4.69, 9.17) is 11.6 Å². The molecule has 3 aromatic rings. The molecule has 21 heavy (non-hydrogen) atoms. The third-order valence-electron chi connectivity index (χ3n) is 3.61. The normalized spacial score (nSPS) is 11.1. The van der Waals surface area contributed by atoms with E-state index >= 15 is 0 Å². The van der Waals surface area contributed by atoms with Crippen molar-refractivity contribution in [1.82, 2.24) is 14.9 Å². The molecule has 2 heterocycles. The third kappa shape index (κ3) is 3.09. The highest BCUT2D eigenvalue weighted by atomic mass is 35.5. The minimum Gasteiger partial charge on any atom is -0.343 e. The van der Waals surface area contributed by atoms with Crippen LogP contribution in [0.5, 0.6) is 0 Å². The molecule has 0 amide bonds. The van der Waals surface area contributed by atoms with Crippen molar-refractivity contribution in [3.8, 4) is 0 Å². The molecule has 3 rings (SSSR count). The molecule has 2 aromatic heterocycles. The first-order valence-electron chi connectivity index (χ1n) is 7.15. The lowest BCUT2D eigenvalue weighted by atomic mass is 10.1. The predicted molar refractivity (Wildman–Crippen MR) is 87.7 cm³/mol. The summed E-state index contributed by atoms with van der Waals surface area (Å²) in [6, 6.07) is 10.7. The van der Waals surface area contributed by atoms with Crippen LogP contribution in [0.4, 0.5) is 0 Å². The van der Waals surface area contributed by atoms with Gasteiger partial charge in [-0.25, -0.2) is 0 Å². The lowest BCUT2D eigenvalue weighted by Gasteiger charge is -2.09. The standard InChI is InChI=1S/C17H18ClN3/c1-2-19-10-13-3-4-14-6-8-21(17(14)9-13)12-15-5-7-20-11-16(15)18/h3-9,11,19H,2,10,12H2,1H3. The molecule has 0 unspecified atom stereocenters. The van der Waals surface area contributed by atoms with Crippen molar-refractivity contribution in [2.45, 2.75) is 20.0 Å². The second kappa shape index (κ2) is 6.29. The highest BCUT2D eigenvalue weighted by Gasteiger charge is 2.05. The van der Waals surface area contributed by atoms with Crippen molar-refractivity contribution in [3.63, 3.8) is 0 Å². The highest BCUT2D eigenvalue weighted by molar-refractivity contribution is 6.31. The molecule has 108 valence electrons. The first-order chi connectivity index (χ1) is 10.3. The number of halogens is 1. The van der Waals surface area contributed by atoms with Gasteiger partial charge in [-0.1, -0.05) is 30.7 Å². The molecule has 0 bridgehead atoms. The van der Waals surface area contributed by atoms with Gasteiger partial charge in [-0.3, -0.25) is 4.98 Å². The van der Waals surface area contributed by atoms with Crippen LogP contribution in [0.1, 0.15) is 18.1 Å². The van der Waals surface area contributed by atoms with Crippen molar-refractivity contribution in [2.24, 2.45) is 0 Å². The van der Waals surface area contributed by atoms with Crippen molar-refractivity contribution in [1.29, 1.82) is 0 Å². The van der Waals surface area contributed by atoms with E-state index in [-0.39, 0.29) is 0 Å². The molecule has 1 N–H and O–H groups in total. The largest absolute Gasteiger partial charge is 0.343 e. The number of hydrogen-bond acceptors (Lipinski definition) is 2. The maximum absolute atomic E-state index is 6.21. The van der Waals surface area contributed by atoms with Gasteiger partial charge < -0.3 is 9.88 Å². The Labute approximate surface area is 129 Å². The van der Waals surface area contributed by atoms with E-state index in [0.717, 1.165) is 25.2 Å². The average Bonchev–Trinajstić information content (AvgIpc) is 2.90. The summed E-state index contributed by atoms with van der Waals surface area (Å²) >= 11 is 6.21. The molecule has 0 saturated carbocycles. The van der Waals surface area contributed by atoms with E-state index in [1.807, 2.05) is 6.07 Å². The highest BCUT2D eigenvalue weighted by Crippen LogP contribution is 2.21. The Morgan fingerprint density at radius 2 is 2.14 bits per heavy atom. The van der Waals surface area contributed by atoms with E-state index in [1.165, 1.54) is 16.5 Å². The molecule has 0 atom stereocenters. The Balaban J connectivity index is 1.93. The molecule has 3 nitrogen and oxygen atoms in total. The number of hydrogen-bond donors (Lipinski definition) is 1. The predicted octanol–water partition coefficient (Wildman–Crippen LogP) is 3.85. The van der Waals surface area contributed by atoms with Gasteiger partial charge in [-0.15, -0.1) is 0 Å². The molecule has 4 heteroatoms. The summed E-state index contributed by atoms with van der Waals surface area (Å²) in [7, 11) is 0. The van der Waals surface area contributed by atoms with Crippen LogP contribution in [-0.2, 0) is 13.1 Å². The van der Waals surface area contributed by atoms with Crippen molar-refractivity contribution in [2.75, 3.05) is 6.54 Å². The number of nitrogens with zero attached hydrogens (tertiary/aromatic N) is 2. The van der Waals surface area contributed by atoms with E-state index < -0.39 is 0 Å². The van der Waals surface area contributed by atoms with Gasteiger partial charge in [-0.2, -0.15) is 0 Å². The van der Waals surface area contributed by atoms with E-state index in [2.05, 4.69) is 52.3 Å². The van der Waals surface area contributed by atoms with Gasteiger partial charge in [-0.05, 0) is 41.3 Å². The molecule has 0 spiro atoms. The van der Waals surface area contributed by atoms with Crippen LogP contribution < -0.4 is 5.32 Å². The number of fused-ring (bicyclic) bond motifs is 1. The van der Waals surface area contributed by atoms with Gasteiger partial charge in [0.05, 0.1) is 5.02 Å². The summed E-state index contributed by atoms with van der Waals surface area (Å²) in [4.78, 5) is 4.03. The summed E-state index contributed by atoms with van der Waals surface area (Å²) in [5, 5.41) is 5.32. The minimum atomic E-state index is 0.711.